The summed E-state index contributed by atoms with van der Waals surface area (Å²) in [5, 5.41) is 2.85. The van der Waals surface area contributed by atoms with Gasteiger partial charge in [0.1, 0.15) is 5.54 Å². The molecule has 0 amide bonds. The Morgan fingerprint density at radius 3 is 2.31 bits per heavy atom. The number of benzene rings is 2. The summed E-state index contributed by atoms with van der Waals surface area (Å²) in [4.78, 5) is 12.4. The van der Waals surface area contributed by atoms with Crippen molar-refractivity contribution in [2.24, 2.45) is 5.73 Å². The molecule has 0 aliphatic rings. The van der Waals surface area contributed by atoms with Crippen LogP contribution in [0.25, 0.3) is 0 Å². The van der Waals surface area contributed by atoms with Crippen molar-refractivity contribution >= 4 is 11.7 Å². The number of anilines is 1. The van der Waals surface area contributed by atoms with Gasteiger partial charge in [-0.3, -0.25) is 5.32 Å². The Morgan fingerprint density at radius 1 is 1.12 bits per heavy atom. The van der Waals surface area contributed by atoms with E-state index >= 15 is 0 Å². The minimum atomic E-state index is -4.54. The maximum Gasteiger partial charge on any atom is 0.416 e. The molecule has 0 saturated heterocycles. The number of halogens is 3. The molecule has 0 aromatic heterocycles. The molecule has 5 N–H and O–H groups in total. The molecular weight excluding hydrogens is 347 g/mol. The summed E-state index contributed by atoms with van der Waals surface area (Å²) < 4.78 is 43.9. The standard InChI is InChI=1S/C18H20F3N3O2/c1-17(16(25)26-2,11-6-5-7-12(10-11)18(19,20)21)24-15(23)13-8-3-4-9-14(13)22/h3-10,15,24H,22-23H2,1-2H3. The molecule has 0 spiro atoms. The summed E-state index contributed by atoms with van der Waals surface area (Å²) in [7, 11) is 1.15. The average molecular weight is 367 g/mol. The van der Waals surface area contributed by atoms with E-state index in [1.807, 2.05) is 0 Å². The normalized spacial score (nSPS) is 15.2. The van der Waals surface area contributed by atoms with Gasteiger partial charge in [-0.1, -0.05) is 30.3 Å². The molecule has 26 heavy (non-hydrogen) atoms. The number of para-hydroxylation sites is 1. The van der Waals surface area contributed by atoms with Gasteiger partial charge in [-0.15, -0.1) is 0 Å². The summed E-state index contributed by atoms with van der Waals surface area (Å²) >= 11 is 0. The maximum absolute atomic E-state index is 13.0. The lowest BCUT2D eigenvalue weighted by molar-refractivity contribution is -0.149. The molecule has 0 bridgehead atoms. The monoisotopic (exact) mass is 367 g/mol. The Bertz CT molecular complexity index is 795. The fourth-order valence-corrected chi connectivity index (χ4v) is 2.65. The van der Waals surface area contributed by atoms with Crippen LogP contribution in [0.4, 0.5) is 18.9 Å². The highest BCUT2D eigenvalue weighted by Crippen LogP contribution is 2.33. The second kappa shape index (κ2) is 7.35. The first-order chi connectivity index (χ1) is 12.1. The number of rotatable bonds is 5. The zero-order chi connectivity index (χ0) is 19.5. The average Bonchev–Trinajstić information content (AvgIpc) is 2.60. The lowest BCUT2D eigenvalue weighted by atomic mass is 9.89. The van der Waals surface area contributed by atoms with Crippen LogP contribution < -0.4 is 16.8 Å². The van der Waals surface area contributed by atoms with Crippen LogP contribution in [-0.2, 0) is 21.2 Å². The molecule has 2 aromatic rings. The van der Waals surface area contributed by atoms with Gasteiger partial charge in [0.05, 0.1) is 18.8 Å². The molecule has 2 rings (SSSR count). The van der Waals surface area contributed by atoms with Crippen molar-refractivity contribution in [1.29, 1.82) is 0 Å². The molecule has 140 valence electrons. The van der Waals surface area contributed by atoms with Crippen molar-refractivity contribution in [3.05, 3.63) is 65.2 Å². The number of nitrogen functional groups attached to an aromatic ring is 1. The van der Waals surface area contributed by atoms with Crippen LogP contribution in [0, 0.1) is 0 Å². The topological polar surface area (TPSA) is 90.4 Å². The number of ether oxygens (including phenoxy) is 1. The van der Waals surface area contributed by atoms with Gasteiger partial charge in [0, 0.05) is 11.3 Å². The maximum atomic E-state index is 13.0. The molecule has 5 nitrogen and oxygen atoms in total. The molecule has 0 fully saturated rings. The lowest BCUT2D eigenvalue weighted by Gasteiger charge is -2.32. The van der Waals surface area contributed by atoms with Gasteiger partial charge in [-0.2, -0.15) is 13.2 Å². The zero-order valence-corrected chi connectivity index (χ0v) is 14.3. The zero-order valence-electron chi connectivity index (χ0n) is 14.3. The molecule has 0 aliphatic carbocycles. The van der Waals surface area contributed by atoms with Crippen molar-refractivity contribution in [3.8, 4) is 0 Å². The van der Waals surface area contributed by atoms with Crippen LogP contribution in [0.15, 0.2) is 48.5 Å². The number of alkyl halides is 3. The Morgan fingerprint density at radius 2 is 1.73 bits per heavy atom. The number of esters is 1. The fourth-order valence-electron chi connectivity index (χ4n) is 2.65. The summed E-state index contributed by atoms with van der Waals surface area (Å²) in [6, 6.07) is 11.2. The third kappa shape index (κ3) is 3.97. The van der Waals surface area contributed by atoms with Gasteiger partial charge in [0.15, 0.2) is 0 Å². The summed E-state index contributed by atoms with van der Waals surface area (Å²) in [6.45, 7) is 1.41. The van der Waals surface area contributed by atoms with Gasteiger partial charge in [-0.05, 0) is 30.7 Å². The Labute approximate surface area is 149 Å². The number of methoxy groups -OCH3 is 1. The number of nitrogens with one attached hydrogen (secondary N) is 1. The van der Waals surface area contributed by atoms with Crippen molar-refractivity contribution in [3.63, 3.8) is 0 Å². The molecule has 0 saturated carbocycles. The molecule has 2 unspecified atom stereocenters. The third-order valence-corrected chi connectivity index (χ3v) is 4.14. The van der Waals surface area contributed by atoms with E-state index in [-0.39, 0.29) is 5.56 Å². The lowest BCUT2D eigenvalue weighted by Crippen LogP contribution is -2.51. The van der Waals surface area contributed by atoms with Gasteiger partial charge in [0.25, 0.3) is 0 Å². The minimum absolute atomic E-state index is 0.0733. The third-order valence-electron chi connectivity index (χ3n) is 4.14. The van der Waals surface area contributed by atoms with Crippen LogP contribution in [-0.4, -0.2) is 13.1 Å². The van der Waals surface area contributed by atoms with Crippen molar-refractivity contribution in [2.75, 3.05) is 12.8 Å². The summed E-state index contributed by atoms with van der Waals surface area (Å²) in [6.07, 6.45) is -5.45. The second-order valence-electron chi connectivity index (χ2n) is 5.95. The minimum Gasteiger partial charge on any atom is -0.467 e. The molecule has 2 atom stereocenters. The predicted molar refractivity (Wildman–Crippen MR) is 91.7 cm³/mol. The van der Waals surface area contributed by atoms with Gasteiger partial charge >= 0.3 is 12.1 Å². The molecule has 2 aromatic carbocycles. The smallest absolute Gasteiger partial charge is 0.416 e. The van der Waals surface area contributed by atoms with Crippen molar-refractivity contribution in [1.82, 2.24) is 5.32 Å². The van der Waals surface area contributed by atoms with E-state index in [9.17, 15) is 18.0 Å². The highest BCUT2D eigenvalue weighted by molar-refractivity contribution is 5.82. The number of nitrogens with two attached hydrogens (primary N) is 2. The van der Waals surface area contributed by atoms with Gasteiger partial charge < -0.3 is 16.2 Å². The van der Waals surface area contributed by atoms with E-state index in [1.54, 1.807) is 24.3 Å². The number of carbonyl (C=O) groups excluding carboxylic acids is 1. The van der Waals surface area contributed by atoms with Crippen molar-refractivity contribution in [2.45, 2.75) is 24.8 Å². The Kier molecular flexibility index (Phi) is 5.58. The van der Waals surface area contributed by atoms with E-state index in [0.29, 0.717) is 11.3 Å². The molecule has 0 radical (unpaired) electrons. The van der Waals surface area contributed by atoms with Gasteiger partial charge in [0.2, 0.25) is 0 Å². The quantitative estimate of drug-likeness (QED) is 0.429. The van der Waals surface area contributed by atoms with E-state index in [2.05, 4.69) is 5.32 Å². The van der Waals surface area contributed by atoms with Crippen LogP contribution >= 0.6 is 0 Å². The largest absolute Gasteiger partial charge is 0.467 e. The number of hydrogen-bond acceptors (Lipinski definition) is 5. The Hall–Kier alpha value is -2.58. The molecule has 8 heteroatoms. The van der Waals surface area contributed by atoms with E-state index in [4.69, 9.17) is 16.2 Å². The van der Waals surface area contributed by atoms with E-state index < -0.39 is 29.4 Å². The van der Waals surface area contributed by atoms with Gasteiger partial charge in [-0.25, -0.2) is 4.79 Å². The van der Waals surface area contributed by atoms with Crippen LogP contribution in [0.1, 0.15) is 29.8 Å². The van der Waals surface area contributed by atoms with E-state index in [1.165, 1.54) is 19.1 Å². The molecular formula is C18H20F3N3O2. The van der Waals surface area contributed by atoms with E-state index in [0.717, 1.165) is 19.2 Å². The summed E-state index contributed by atoms with van der Waals surface area (Å²) in [5.74, 6) is -0.776. The Balaban J connectivity index is 2.46. The SMILES string of the molecule is COC(=O)C(C)(NC(N)c1ccccc1N)c1cccc(C(F)(F)F)c1. The molecule has 0 aliphatic heterocycles. The first-order valence-electron chi connectivity index (χ1n) is 7.73. The van der Waals surface area contributed by atoms with Crippen LogP contribution in [0.5, 0.6) is 0 Å². The number of hydrogen-bond donors (Lipinski definition) is 3. The highest BCUT2D eigenvalue weighted by atomic mass is 19.4. The van der Waals surface area contributed by atoms with Crippen LogP contribution in [0.3, 0.4) is 0 Å². The summed E-state index contributed by atoms with van der Waals surface area (Å²) in [5.41, 5.74) is 10.5. The highest BCUT2D eigenvalue weighted by Gasteiger charge is 2.40. The fraction of sp³-hybridized carbons (Fsp3) is 0.278. The first-order valence-corrected chi connectivity index (χ1v) is 7.73. The molecule has 0 heterocycles. The predicted octanol–water partition coefficient (Wildman–Crippen LogP) is 2.92. The second-order valence-corrected chi connectivity index (χ2v) is 5.95. The van der Waals surface area contributed by atoms with Crippen LogP contribution in [0.2, 0.25) is 0 Å². The number of carbonyl (C=O) groups is 1. The first kappa shape index (κ1) is 19.7. The van der Waals surface area contributed by atoms with Crippen molar-refractivity contribution < 1.29 is 22.7 Å².